The van der Waals surface area contributed by atoms with Crippen LogP contribution in [0.15, 0.2) is 41.3 Å². The fourth-order valence-electron chi connectivity index (χ4n) is 4.11. The smallest absolute Gasteiger partial charge is 0.410 e. The number of benzene rings is 2. The molecule has 2 amide bonds. The lowest BCUT2D eigenvalue weighted by atomic mass is 9.81. The molecule has 0 radical (unpaired) electrons. The summed E-state index contributed by atoms with van der Waals surface area (Å²) in [7, 11) is -4.58. The van der Waals surface area contributed by atoms with Gasteiger partial charge in [-0.1, -0.05) is 23.7 Å². The van der Waals surface area contributed by atoms with Gasteiger partial charge in [0.1, 0.15) is 16.3 Å². The summed E-state index contributed by atoms with van der Waals surface area (Å²) in [6.07, 6.45) is 0.0800. The first-order valence-corrected chi connectivity index (χ1v) is 13.4. The van der Waals surface area contributed by atoms with Crippen LogP contribution in [0, 0.1) is 17.6 Å². The Morgan fingerprint density at radius 3 is 2.38 bits per heavy atom. The van der Waals surface area contributed by atoms with Crippen molar-refractivity contribution in [1.29, 1.82) is 0 Å². The highest BCUT2D eigenvalue weighted by Gasteiger charge is 2.35. The van der Waals surface area contributed by atoms with Gasteiger partial charge in [0.15, 0.2) is 11.6 Å². The van der Waals surface area contributed by atoms with E-state index in [0.29, 0.717) is 30.1 Å². The Kier molecular flexibility index (Phi) is 8.69. The van der Waals surface area contributed by atoms with E-state index in [4.69, 9.17) is 21.1 Å². The molecule has 0 bridgehead atoms. The van der Waals surface area contributed by atoms with Crippen LogP contribution in [-0.2, 0) is 19.6 Å². The van der Waals surface area contributed by atoms with Gasteiger partial charge < -0.3 is 14.4 Å². The second kappa shape index (κ2) is 11.2. The second-order valence-corrected chi connectivity index (χ2v) is 11.9. The highest BCUT2D eigenvalue weighted by atomic mass is 35.5. The minimum absolute atomic E-state index is 0.0803. The molecule has 0 saturated carbocycles. The molecule has 1 aliphatic heterocycles. The number of nitrogens with zero attached hydrogens (tertiary/aromatic N) is 1. The van der Waals surface area contributed by atoms with E-state index in [9.17, 15) is 26.8 Å². The van der Waals surface area contributed by atoms with Gasteiger partial charge in [0.25, 0.3) is 10.0 Å². The normalized spacial score (nSPS) is 18.3. The number of ether oxygens (including phenoxy) is 2. The van der Waals surface area contributed by atoms with Gasteiger partial charge in [-0.15, -0.1) is 0 Å². The quantitative estimate of drug-likeness (QED) is 0.543. The van der Waals surface area contributed by atoms with Crippen LogP contribution in [0.25, 0.3) is 0 Å². The van der Waals surface area contributed by atoms with E-state index in [1.165, 1.54) is 0 Å². The van der Waals surface area contributed by atoms with Gasteiger partial charge in [-0.3, -0.25) is 4.79 Å². The number of sulfonamides is 1. The number of nitrogens with one attached hydrogen (secondary N) is 1. The molecule has 2 atom stereocenters. The van der Waals surface area contributed by atoms with Crippen molar-refractivity contribution in [3.8, 4) is 5.75 Å². The molecule has 0 spiro atoms. The topological polar surface area (TPSA) is 102 Å². The Bertz CT molecular complexity index is 1270. The number of hydrogen-bond acceptors (Lipinski definition) is 6. The first-order valence-electron chi connectivity index (χ1n) is 11.5. The summed E-state index contributed by atoms with van der Waals surface area (Å²) in [6, 6.07) is 8.31. The number of carbonyl (C=O) groups excluding carboxylic acids is 2. The van der Waals surface area contributed by atoms with E-state index in [0.717, 1.165) is 12.5 Å². The monoisotopic (exact) mass is 558 g/mol. The zero-order valence-electron chi connectivity index (χ0n) is 20.9. The summed E-state index contributed by atoms with van der Waals surface area (Å²) < 4.78 is 66.2. The van der Waals surface area contributed by atoms with Crippen LogP contribution in [0.2, 0.25) is 5.02 Å². The highest BCUT2D eigenvalue weighted by Crippen LogP contribution is 2.35. The van der Waals surface area contributed by atoms with Gasteiger partial charge >= 0.3 is 6.09 Å². The third kappa shape index (κ3) is 7.54. The molecule has 2 aromatic rings. The van der Waals surface area contributed by atoms with Crippen LogP contribution in [-0.4, -0.2) is 50.6 Å². The summed E-state index contributed by atoms with van der Waals surface area (Å²) in [4.78, 5) is 24.3. The molecule has 0 aliphatic carbocycles. The SMILES string of the molecule is CC(=O)NS(=O)(=O)c1cc(F)c(OC[C@H]2CN(C(=O)OC(C)(C)C)CC[C@@H]2c2ccc(Cl)cc2)cc1F. The summed E-state index contributed by atoms with van der Waals surface area (Å²) in [5.74, 6) is -4.24. The predicted molar refractivity (Wildman–Crippen MR) is 133 cm³/mol. The van der Waals surface area contributed by atoms with Gasteiger partial charge in [-0.05, 0) is 50.8 Å². The molecular formula is C25H29ClF2N2O6S. The highest BCUT2D eigenvalue weighted by molar-refractivity contribution is 7.90. The van der Waals surface area contributed by atoms with Gasteiger partial charge in [0.2, 0.25) is 5.91 Å². The fraction of sp³-hybridized carbons (Fsp3) is 0.440. The molecule has 2 aromatic carbocycles. The number of amides is 2. The van der Waals surface area contributed by atoms with Crippen molar-refractivity contribution in [3.63, 3.8) is 0 Å². The van der Waals surface area contributed by atoms with Crippen molar-refractivity contribution in [2.75, 3.05) is 19.7 Å². The average Bonchev–Trinajstić information content (AvgIpc) is 2.77. The van der Waals surface area contributed by atoms with Crippen LogP contribution in [0.4, 0.5) is 13.6 Å². The maximum atomic E-state index is 14.7. The molecule has 37 heavy (non-hydrogen) atoms. The minimum Gasteiger partial charge on any atom is -0.490 e. The summed E-state index contributed by atoms with van der Waals surface area (Å²) >= 11 is 6.02. The predicted octanol–water partition coefficient (Wildman–Crippen LogP) is 4.86. The largest absolute Gasteiger partial charge is 0.490 e. The Morgan fingerprint density at radius 2 is 1.78 bits per heavy atom. The first kappa shape index (κ1) is 28.6. The van der Waals surface area contributed by atoms with Crippen molar-refractivity contribution in [1.82, 2.24) is 9.62 Å². The molecule has 0 unspecified atom stereocenters. The lowest BCUT2D eigenvalue weighted by molar-refractivity contribution is -0.117. The van der Waals surface area contributed by atoms with Crippen LogP contribution >= 0.6 is 11.6 Å². The van der Waals surface area contributed by atoms with Crippen LogP contribution in [0.1, 0.15) is 45.6 Å². The molecule has 0 aromatic heterocycles. The zero-order chi connectivity index (χ0) is 27.5. The molecule has 1 fully saturated rings. The molecule has 1 heterocycles. The van der Waals surface area contributed by atoms with Gasteiger partial charge in [-0.25, -0.2) is 26.7 Å². The molecule has 202 valence electrons. The third-order valence-corrected chi connectivity index (χ3v) is 7.39. The standard InChI is InChI=1S/C25H29ClF2N2O6S/c1-15(31)29-37(33,34)23-12-20(27)22(11-21(23)28)35-14-17-13-30(24(32)36-25(2,3)4)10-9-19(17)16-5-7-18(26)8-6-16/h5-8,11-12,17,19H,9-10,13-14H2,1-4H3,(H,29,31)/t17-,19-/m1/s1. The molecule has 3 rings (SSSR count). The number of hydrogen-bond donors (Lipinski definition) is 1. The van der Waals surface area contributed by atoms with Gasteiger partial charge in [-0.2, -0.15) is 0 Å². The van der Waals surface area contributed by atoms with Gasteiger partial charge in [0.05, 0.1) is 6.61 Å². The number of rotatable bonds is 6. The van der Waals surface area contributed by atoms with E-state index < -0.39 is 49.9 Å². The maximum absolute atomic E-state index is 14.7. The Balaban J connectivity index is 1.83. The number of carbonyl (C=O) groups is 2. The molecule has 12 heteroatoms. The third-order valence-electron chi connectivity index (χ3n) is 5.69. The average molecular weight is 559 g/mol. The van der Waals surface area contributed by atoms with E-state index in [1.807, 2.05) is 12.1 Å². The summed E-state index contributed by atoms with van der Waals surface area (Å²) in [6.45, 7) is 6.79. The zero-order valence-corrected chi connectivity index (χ0v) is 22.5. The Morgan fingerprint density at radius 1 is 1.14 bits per heavy atom. The first-order chi connectivity index (χ1) is 17.2. The van der Waals surface area contributed by atoms with Crippen LogP contribution in [0.5, 0.6) is 5.75 Å². The summed E-state index contributed by atoms with van der Waals surface area (Å²) in [5.41, 5.74) is 0.265. The van der Waals surface area contributed by atoms with E-state index in [-0.39, 0.29) is 25.0 Å². The van der Waals surface area contributed by atoms with Gasteiger partial charge in [0, 0.05) is 43.1 Å². The molecule has 1 N–H and O–H groups in total. The van der Waals surface area contributed by atoms with Crippen molar-refractivity contribution in [3.05, 3.63) is 58.6 Å². The van der Waals surface area contributed by atoms with Crippen molar-refractivity contribution in [2.24, 2.45) is 5.92 Å². The Labute approximate surface area is 219 Å². The number of halogens is 3. The lowest BCUT2D eigenvalue weighted by Gasteiger charge is -2.39. The van der Waals surface area contributed by atoms with E-state index >= 15 is 0 Å². The second-order valence-electron chi connectivity index (χ2n) is 9.82. The Hall–Kier alpha value is -2.92. The minimum atomic E-state index is -4.58. The lowest BCUT2D eigenvalue weighted by Crippen LogP contribution is -2.46. The maximum Gasteiger partial charge on any atom is 0.410 e. The van der Waals surface area contributed by atoms with Crippen LogP contribution < -0.4 is 9.46 Å². The van der Waals surface area contributed by atoms with E-state index in [2.05, 4.69) is 0 Å². The van der Waals surface area contributed by atoms with Crippen molar-refractivity contribution < 1.29 is 36.3 Å². The van der Waals surface area contributed by atoms with Crippen LogP contribution in [0.3, 0.4) is 0 Å². The molecule has 1 saturated heterocycles. The van der Waals surface area contributed by atoms with Crippen molar-refractivity contribution in [2.45, 2.75) is 50.5 Å². The van der Waals surface area contributed by atoms with E-state index in [1.54, 1.807) is 42.5 Å². The number of likely N-dealkylation sites (tertiary alicyclic amines) is 1. The molecule has 1 aliphatic rings. The number of piperidine rings is 1. The van der Waals surface area contributed by atoms with Crippen molar-refractivity contribution >= 4 is 33.6 Å². The molecule has 8 nitrogen and oxygen atoms in total. The molecular weight excluding hydrogens is 530 g/mol. The fourth-order valence-corrected chi connectivity index (χ4v) is 5.30. The summed E-state index contributed by atoms with van der Waals surface area (Å²) in [5, 5.41) is 0.564.